The van der Waals surface area contributed by atoms with Gasteiger partial charge in [0.05, 0.1) is 28.3 Å². The van der Waals surface area contributed by atoms with Crippen molar-refractivity contribution in [2.45, 2.75) is 18.7 Å². The number of anilines is 3. The highest BCUT2D eigenvalue weighted by atomic mass is 35.5. The Morgan fingerprint density at radius 2 is 1.88 bits per heavy atom. The van der Waals surface area contributed by atoms with Gasteiger partial charge < -0.3 is 5.32 Å². The van der Waals surface area contributed by atoms with E-state index in [2.05, 4.69) is 25.2 Å². The molecule has 0 aliphatic carbocycles. The quantitative estimate of drug-likeness (QED) is 0.610. The molecule has 0 fully saturated rings. The first kappa shape index (κ1) is 18.2. The van der Waals surface area contributed by atoms with E-state index < -0.39 is 15.8 Å². The van der Waals surface area contributed by atoms with Gasteiger partial charge >= 0.3 is 0 Å². The fraction of sp³-hybridized carbons (Fsp3) is 0.125. The number of benzene rings is 1. The molecular formula is C16H15ClFN5O2S. The molecule has 10 heteroatoms. The van der Waals surface area contributed by atoms with E-state index in [-0.39, 0.29) is 9.92 Å². The van der Waals surface area contributed by atoms with Crippen molar-refractivity contribution in [3.05, 3.63) is 58.8 Å². The molecule has 0 amide bonds. The first-order valence-corrected chi connectivity index (χ1v) is 9.35. The second kappa shape index (κ2) is 6.93. The van der Waals surface area contributed by atoms with E-state index in [1.807, 2.05) is 0 Å². The predicted octanol–water partition coefficient (Wildman–Crippen LogP) is 3.76. The monoisotopic (exact) mass is 395 g/mol. The van der Waals surface area contributed by atoms with Gasteiger partial charge in [0.25, 0.3) is 10.0 Å². The number of hydrogen-bond donors (Lipinski definition) is 3. The van der Waals surface area contributed by atoms with Gasteiger partial charge in [0.2, 0.25) is 0 Å². The zero-order valence-electron chi connectivity index (χ0n) is 13.8. The fourth-order valence-corrected chi connectivity index (χ4v) is 3.99. The predicted molar refractivity (Wildman–Crippen MR) is 97.8 cm³/mol. The van der Waals surface area contributed by atoms with Gasteiger partial charge in [-0.1, -0.05) is 11.6 Å². The van der Waals surface area contributed by atoms with Crippen LogP contribution in [0.25, 0.3) is 0 Å². The number of aromatic amines is 1. The van der Waals surface area contributed by atoms with Gasteiger partial charge in [0, 0.05) is 5.69 Å². The highest BCUT2D eigenvalue weighted by Crippen LogP contribution is 2.24. The SMILES string of the molecule is Cc1n[nH]c(C)c1S(=O)(=O)Nc1ccc(Nc2ccc(F)c(Cl)c2)nc1. The zero-order valence-corrected chi connectivity index (χ0v) is 15.4. The number of pyridine rings is 1. The van der Waals surface area contributed by atoms with E-state index in [9.17, 15) is 12.8 Å². The van der Waals surface area contributed by atoms with E-state index in [1.54, 1.807) is 26.0 Å². The van der Waals surface area contributed by atoms with Crippen LogP contribution in [0, 0.1) is 19.7 Å². The Bertz CT molecular complexity index is 1030. The molecule has 2 aromatic heterocycles. The van der Waals surface area contributed by atoms with Crippen molar-refractivity contribution < 1.29 is 12.8 Å². The van der Waals surface area contributed by atoms with Crippen molar-refractivity contribution in [1.29, 1.82) is 0 Å². The Balaban J connectivity index is 1.76. The van der Waals surface area contributed by atoms with E-state index in [0.29, 0.717) is 28.6 Å². The highest BCUT2D eigenvalue weighted by Gasteiger charge is 2.22. The molecule has 0 aliphatic rings. The molecule has 0 aliphatic heterocycles. The molecule has 3 rings (SSSR count). The summed E-state index contributed by atoms with van der Waals surface area (Å²) < 4.78 is 40.6. The molecule has 3 N–H and O–H groups in total. The molecule has 1 aromatic carbocycles. The van der Waals surface area contributed by atoms with Crippen LogP contribution in [0.1, 0.15) is 11.4 Å². The topological polar surface area (TPSA) is 99.8 Å². The van der Waals surface area contributed by atoms with Gasteiger partial charge in [0.15, 0.2) is 0 Å². The highest BCUT2D eigenvalue weighted by molar-refractivity contribution is 7.92. The van der Waals surface area contributed by atoms with Crippen molar-refractivity contribution in [3.63, 3.8) is 0 Å². The summed E-state index contributed by atoms with van der Waals surface area (Å²) in [6.07, 6.45) is 1.37. The summed E-state index contributed by atoms with van der Waals surface area (Å²) in [6.45, 7) is 3.24. The lowest BCUT2D eigenvalue weighted by atomic mass is 10.3. The maximum atomic E-state index is 13.2. The second-order valence-corrected chi connectivity index (χ2v) is 7.58. The standard InChI is InChI=1S/C16H15ClFN5O2S/c1-9-16(10(2)22-21-9)26(24,25)23-12-4-6-15(19-8-12)20-11-3-5-14(18)13(17)7-11/h3-8,23H,1-2H3,(H,19,20)(H,21,22). The third-order valence-electron chi connectivity index (χ3n) is 3.54. The number of aromatic nitrogens is 3. The van der Waals surface area contributed by atoms with Gasteiger partial charge in [-0.25, -0.2) is 17.8 Å². The third-order valence-corrected chi connectivity index (χ3v) is 5.47. The van der Waals surface area contributed by atoms with E-state index in [1.165, 1.54) is 24.4 Å². The Morgan fingerprint density at radius 1 is 1.15 bits per heavy atom. The van der Waals surface area contributed by atoms with Crippen LogP contribution in [-0.4, -0.2) is 23.6 Å². The molecule has 136 valence electrons. The second-order valence-electron chi connectivity index (χ2n) is 5.55. The lowest BCUT2D eigenvalue weighted by Crippen LogP contribution is -2.14. The minimum Gasteiger partial charge on any atom is -0.340 e. The summed E-state index contributed by atoms with van der Waals surface area (Å²) in [7, 11) is -3.78. The van der Waals surface area contributed by atoms with Crippen LogP contribution in [-0.2, 0) is 10.0 Å². The van der Waals surface area contributed by atoms with Crippen molar-refractivity contribution in [3.8, 4) is 0 Å². The number of aryl methyl sites for hydroxylation is 2. The Labute approximate surface area is 154 Å². The number of H-pyrrole nitrogens is 1. The molecule has 7 nitrogen and oxygen atoms in total. The third kappa shape index (κ3) is 3.78. The lowest BCUT2D eigenvalue weighted by Gasteiger charge is -2.10. The minimum atomic E-state index is -3.78. The maximum Gasteiger partial charge on any atom is 0.265 e. The fourth-order valence-electron chi connectivity index (χ4n) is 2.39. The van der Waals surface area contributed by atoms with Crippen molar-refractivity contribution in [2.75, 3.05) is 10.0 Å². The van der Waals surface area contributed by atoms with Gasteiger partial charge in [-0.3, -0.25) is 9.82 Å². The number of nitrogens with one attached hydrogen (secondary N) is 3. The summed E-state index contributed by atoms with van der Waals surface area (Å²) in [5.41, 5.74) is 1.69. The Hall–Kier alpha value is -2.65. The molecule has 0 spiro atoms. The molecule has 0 atom stereocenters. The van der Waals surface area contributed by atoms with Crippen molar-refractivity contribution in [1.82, 2.24) is 15.2 Å². The summed E-state index contributed by atoms with van der Waals surface area (Å²) in [5.74, 6) is -0.0638. The minimum absolute atomic E-state index is 0.00904. The van der Waals surface area contributed by atoms with Crippen LogP contribution in [0.5, 0.6) is 0 Å². The summed E-state index contributed by atoms with van der Waals surface area (Å²) in [5, 5.41) is 9.48. The number of sulfonamides is 1. The first-order chi connectivity index (χ1) is 12.3. The Morgan fingerprint density at radius 3 is 2.46 bits per heavy atom. The molecular weight excluding hydrogens is 381 g/mol. The zero-order chi connectivity index (χ0) is 18.9. The van der Waals surface area contributed by atoms with Gasteiger partial charge in [-0.2, -0.15) is 5.10 Å². The van der Waals surface area contributed by atoms with Gasteiger partial charge in [0.1, 0.15) is 16.5 Å². The number of nitrogens with zero attached hydrogens (tertiary/aromatic N) is 2. The summed E-state index contributed by atoms with van der Waals surface area (Å²) >= 11 is 5.73. The van der Waals surface area contributed by atoms with Crippen LogP contribution in [0.15, 0.2) is 41.4 Å². The van der Waals surface area contributed by atoms with Gasteiger partial charge in [-0.15, -0.1) is 0 Å². The average molecular weight is 396 g/mol. The first-order valence-electron chi connectivity index (χ1n) is 7.49. The molecule has 0 saturated heterocycles. The van der Waals surface area contributed by atoms with Crippen LogP contribution in [0.2, 0.25) is 5.02 Å². The smallest absolute Gasteiger partial charge is 0.265 e. The van der Waals surface area contributed by atoms with Crippen LogP contribution in [0.4, 0.5) is 21.6 Å². The van der Waals surface area contributed by atoms with Gasteiger partial charge in [-0.05, 0) is 44.2 Å². The van der Waals surface area contributed by atoms with Crippen LogP contribution in [0.3, 0.4) is 0 Å². The maximum absolute atomic E-state index is 13.2. The number of hydrogen-bond acceptors (Lipinski definition) is 5. The largest absolute Gasteiger partial charge is 0.340 e. The number of rotatable bonds is 5. The molecule has 0 unspecified atom stereocenters. The van der Waals surface area contributed by atoms with E-state index in [0.717, 1.165) is 0 Å². The van der Waals surface area contributed by atoms with Crippen LogP contribution < -0.4 is 10.0 Å². The molecule has 0 bridgehead atoms. The van der Waals surface area contributed by atoms with E-state index >= 15 is 0 Å². The normalized spacial score (nSPS) is 11.4. The molecule has 3 aromatic rings. The number of halogens is 2. The lowest BCUT2D eigenvalue weighted by molar-refractivity contribution is 0.600. The van der Waals surface area contributed by atoms with Crippen molar-refractivity contribution >= 4 is 38.8 Å². The molecule has 0 radical (unpaired) electrons. The van der Waals surface area contributed by atoms with Crippen LogP contribution >= 0.6 is 11.6 Å². The molecule has 0 saturated carbocycles. The molecule has 26 heavy (non-hydrogen) atoms. The van der Waals surface area contributed by atoms with E-state index in [4.69, 9.17) is 11.6 Å². The average Bonchev–Trinajstić information content (AvgIpc) is 2.92. The van der Waals surface area contributed by atoms with Crippen molar-refractivity contribution in [2.24, 2.45) is 0 Å². The Kier molecular flexibility index (Phi) is 4.84. The summed E-state index contributed by atoms with van der Waals surface area (Å²) in [4.78, 5) is 4.25. The summed E-state index contributed by atoms with van der Waals surface area (Å²) in [6, 6.07) is 7.33. The molecule has 2 heterocycles.